The normalized spacial score (nSPS) is 10.7. The number of carbonyl (C=O) groups is 1. The molecule has 1 amide bonds. The molecule has 6 heteroatoms. The van der Waals surface area contributed by atoms with Crippen LogP contribution in [0.2, 0.25) is 10.0 Å². The van der Waals surface area contributed by atoms with E-state index in [4.69, 9.17) is 27.9 Å². The van der Waals surface area contributed by atoms with E-state index in [0.29, 0.717) is 28.9 Å². The van der Waals surface area contributed by atoms with Crippen molar-refractivity contribution in [3.8, 4) is 5.75 Å². The number of aryl methyl sites for hydroxylation is 1. The van der Waals surface area contributed by atoms with Crippen LogP contribution in [0.4, 0.5) is 5.69 Å². The van der Waals surface area contributed by atoms with Crippen LogP contribution in [0.5, 0.6) is 5.75 Å². The fraction of sp³-hybridized carbons (Fsp3) is 0.278. The predicted molar refractivity (Wildman–Crippen MR) is 99.3 cm³/mol. The number of nitrogens with one attached hydrogen (secondary N) is 1. The number of hydrogen-bond acceptors (Lipinski definition) is 3. The summed E-state index contributed by atoms with van der Waals surface area (Å²) in [6.45, 7) is 3.36. The number of benzene rings is 2. The summed E-state index contributed by atoms with van der Waals surface area (Å²) in [5.74, 6) is 0.652. The van der Waals surface area contributed by atoms with Gasteiger partial charge in [-0.15, -0.1) is 0 Å². The predicted octanol–water partition coefficient (Wildman–Crippen LogP) is 4.25. The first-order valence-electron chi connectivity index (χ1n) is 7.57. The standard InChI is InChI=1S/C18H20Cl2N2O2/c1-13-5-3-6-14(11-13)24-10-9-22(2)12-17(23)21-18-15(19)7-4-8-16(18)20/h3-8,11H,9-10,12H2,1-2H3,(H,21,23). The van der Waals surface area contributed by atoms with Crippen LogP contribution >= 0.6 is 23.2 Å². The van der Waals surface area contributed by atoms with Crippen molar-refractivity contribution in [3.63, 3.8) is 0 Å². The average Bonchev–Trinajstić information content (AvgIpc) is 2.51. The molecule has 0 aromatic heterocycles. The summed E-state index contributed by atoms with van der Waals surface area (Å²) in [5.41, 5.74) is 1.59. The van der Waals surface area contributed by atoms with E-state index in [-0.39, 0.29) is 12.5 Å². The Balaban J connectivity index is 1.77. The molecule has 0 spiro atoms. The Morgan fingerprint density at radius 3 is 2.50 bits per heavy atom. The summed E-state index contributed by atoms with van der Waals surface area (Å²) < 4.78 is 5.68. The zero-order valence-electron chi connectivity index (χ0n) is 13.7. The molecule has 0 atom stereocenters. The van der Waals surface area contributed by atoms with E-state index >= 15 is 0 Å². The number of hydrogen-bond donors (Lipinski definition) is 1. The fourth-order valence-corrected chi connectivity index (χ4v) is 2.64. The van der Waals surface area contributed by atoms with Crippen molar-refractivity contribution in [2.45, 2.75) is 6.92 Å². The van der Waals surface area contributed by atoms with Crippen LogP contribution < -0.4 is 10.1 Å². The first kappa shape index (κ1) is 18.6. The molecule has 0 saturated carbocycles. The second kappa shape index (κ2) is 8.92. The second-order valence-corrected chi connectivity index (χ2v) is 6.36. The molecule has 0 fully saturated rings. The molecule has 4 nitrogen and oxygen atoms in total. The van der Waals surface area contributed by atoms with Gasteiger partial charge < -0.3 is 10.1 Å². The number of nitrogens with zero attached hydrogens (tertiary/aromatic N) is 1. The maximum atomic E-state index is 12.1. The van der Waals surface area contributed by atoms with Gasteiger partial charge in [0.15, 0.2) is 0 Å². The van der Waals surface area contributed by atoms with Crippen LogP contribution in [0, 0.1) is 6.92 Å². The third kappa shape index (κ3) is 5.71. The molecule has 0 saturated heterocycles. The molecule has 2 rings (SSSR count). The van der Waals surface area contributed by atoms with Gasteiger partial charge in [-0.05, 0) is 43.8 Å². The van der Waals surface area contributed by atoms with Crippen LogP contribution in [0.25, 0.3) is 0 Å². The molecule has 0 aliphatic heterocycles. The van der Waals surface area contributed by atoms with Gasteiger partial charge >= 0.3 is 0 Å². The van der Waals surface area contributed by atoms with Gasteiger partial charge in [-0.1, -0.05) is 41.4 Å². The first-order valence-corrected chi connectivity index (χ1v) is 8.33. The topological polar surface area (TPSA) is 41.6 Å². The monoisotopic (exact) mass is 366 g/mol. The van der Waals surface area contributed by atoms with Gasteiger partial charge in [0.1, 0.15) is 12.4 Å². The van der Waals surface area contributed by atoms with E-state index in [1.165, 1.54) is 0 Å². The van der Waals surface area contributed by atoms with Gasteiger partial charge in [-0.25, -0.2) is 0 Å². The Labute approximate surface area is 152 Å². The van der Waals surface area contributed by atoms with Crippen LogP contribution in [-0.4, -0.2) is 37.6 Å². The van der Waals surface area contributed by atoms with Gasteiger partial charge in [-0.3, -0.25) is 9.69 Å². The molecular formula is C18H20Cl2N2O2. The zero-order valence-corrected chi connectivity index (χ0v) is 15.2. The highest BCUT2D eigenvalue weighted by Gasteiger charge is 2.11. The molecule has 0 aliphatic rings. The van der Waals surface area contributed by atoms with E-state index in [1.54, 1.807) is 18.2 Å². The fourth-order valence-electron chi connectivity index (χ4n) is 2.14. The Bertz CT molecular complexity index is 687. The van der Waals surface area contributed by atoms with Gasteiger partial charge in [0.25, 0.3) is 0 Å². The van der Waals surface area contributed by atoms with Crippen LogP contribution in [-0.2, 0) is 4.79 Å². The van der Waals surface area contributed by atoms with Gasteiger partial charge in [0, 0.05) is 6.54 Å². The number of rotatable bonds is 7. The number of halogens is 2. The quantitative estimate of drug-likeness (QED) is 0.796. The smallest absolute Gasteiger partial charge is 0.238 e. The van der Waals surface area contributed by atoms with Crippen molar-refractivity contribution >= 4 is 34.8 Å². The molecule has 0 bridgehead atoms. The van der Waals surface area contributed by atoms with Crippen molar-refractivity contribution in [2.24, 2.45) is 0 Å². The van der Waals surface area contributed by atoms with Crippen molar-refractivity contribution in [2.75, 3.05) is 32.1 Å². The van der Waals surface area contributed by atoms with E-state index in [1.807, 2.05) is 43.1 Å². The lowest BCUT2D eigenvalue weighted by molar-refractivity contribution is -0.117. The van der Waals surface area contributed by atoms with Crippen molar-refractivity contribution in [1.82, 2.24) is 4.90 Å². The minimum Gasteiger partial charge on any atom is -0.492 e. The summed E-state index contributed by atoms with van der Waals surface area (Å²) in [4.78, 5) is 14.0. The number of anilines is 1. The van der Waals surface area contributed by atoms with E-state index in [9.17, 15) is 4.79 Å². The molecule has 2 aromatic carbocycles. The Morgan fingerprint density at radius 2 is 1.83 bits per heavy atom. The van der Waals surface area contributed by atoms with Gasteiger partial charge in [0.2, 0.25) is 5.91 Å². The van der Waals surface area contributed by atoms with E-state index in [0.717, 1.165) is 11.3 Å². The minimum absolute atomic E-state index is 0.178. The summed E-state index contributed by atoms with van der Waals surface area (Å²) in [6.07, 6.45) is 0. The largest absolute Gasteiger partial charge is 0.492 e. The van der Waals surface area contributed by atoms with Crippen LogP contribution in [0.1, 0.15) is 5.56 Å². The number of likely N-dealkylation sites (N-methyl/N-ethyl adjacent to an activating group) is 1. The highest BCUT2D eigenvalue weighted by Crippen LogP contribution is 2.29. The average molecular weight is 367 g/mol. The number of ether oxygens (including phenoxy) is 1. The summed E-state index contributed by atoms with van der Waals surface area (Å²) >= 11 is 12.1. The molecule has 0 aliphatic carbocycles. The third-order valence-electron chi connectivity index (χ3n) is 3.37. The maximum absolute atomic E-state index is 12.1. The number of carbonyl (C=O) groups excluding carboxylic acids is 1. The zero-order chi connectivity index (χ0) is 17.5. The van der Waals surface area contributed by atoms with Crippen molar-refractivity contribution in [1.29, 1.82) is 0 Å². The summed E-state index contributed by atoms with van der Waals surface area (Å²) in [5, 5.41) is 3.58. The van der Waals surface area contributed by atoms with E-state index in [2.05, 4.69) is 5.32 Å². The highest BCUT2D eigenvalue weighted by atomic mass is 35.5. The summed E-state index contributed by atoms with van der Waals surface area (Å²) in [6, 6.07) is 13.0. The lowest BCUT2D eigenvalue weighted by Gasteiger charge is -2.17. The SMILES string of the molecule is Cc1cccc(OCCN(C)CC(=O)Nc2c(Cl)cccc2Cl)c1. The minimum atomic E-state index is -0.178. The lowest BCUT2D eigenvalue weighted by Crippen LogP contribution is -2.33. The Kier molecular flexibility index (Phi) is 6.91. The molecule has 0 radical (unpaired) electrons. The molecule has 1 N–H and O–H groups in total. The third-order valence-corrected chi connectivity index (χ3v) is 4.00. The molecule has 2 aromatic rings. The van der Waals surface area contributed by atoms with E-state index < -0.39 is 0 Å². The van der Waals surface area contributed by atoms with Gasteiger partial charge in [0.05, 0.1) is 22.3 Å². The second-order valence-electron chi connectivity index (χ2n) is 5.55. The molecule has 24 heavy (non-hydrogen) atoms. The lowest BCUT2D eigenvalue weighted by atomic mass is 10.2. The molecule has 128 valence electrons. The number of para-hydroxylation sites is 1. The summed E-state index contributed by atoms with van der Waals surface area (Å²) in [7, 11) is 1.85. The van der Waals surface area contributed by atoms with Crippen LogP contribution in [0.15, 0.2) is 42.5 Å². The molecule has 0 unspecified atom stereocenters. The first-order chi connectivity index (χ1) is 11.5. The van der Waals surface area contributed by atoms with Crippen LogP contribution in [0.3, 0.4) is 0 Å². The van der Waals surface area contributed by atoms with Gasteiger partial charge in [-0.2, -0.15) is 0 Å². The van der Waals surface area contributed by atoms with Crippen molar-refractivity contribution < 1.29 is 9.53 Å². The molecule has 0 heterocycles. The number of amides is 1. The Hall–Kier alpha value is -1.75. The van der Waals surface area contributed by atoms with Crippen molar-refractivity contribution in [3.05, 3.63) is 58.1 Å². The highest BCUT2D eigenvalue weighted by molar-refractivity contribution is 6.39. The maximum Gasteiger partial charge on any atom is 0.238 e. The molecular weight excluding hydrogens is 347 g/mol. The Morgan fingerprint density at radius 1 is 1.17 bits per heavy atom.